The third-order valence-corrected chi connectivity index (χ3v) is 6.04. The molecule has 5 heteroatoms. The van der Waals surface area contributed by atoms with Gasteiger partial charge in [0.1, 0.15) is 5.75 Å². The number of ether oxygens (including phenoxy) is 2. The van der Waals surface area contributed by atoms with E-state index >= 15 is 0 Å². The Morgan fingerprint density at radius 1 is 0.966 bits per heavy atom. The summed E-state index contributed by atoms with van der Waals surface area (Å²) in [4.78, 5) is 2.53. The van der Waals surface area contributed by atoms with Crippen LogP contribution in [0.3, 0.4) is 0 Å². The van der Waals surface area contributed by atoms with Crippen molar-refractivity contribution in [3.05, 3.63) is 65.2 Å². The Hall–Kier alpha value is -1.98. The monoisotopic (exact) mass is 401 g/mol. The molecule has 2 aliphatic rings. The molecule has 29 heavy (non-hydrogen) atoms. The highest BCUT2D eigenvalue weighted by Gasteiger charge is 2.30. The SMILES string of the molecule is FC(F)Oc1cccc(COCC2CC(c3ccc(CN4CCCC4)cc3)C2)c1. The molecular weight excluding hydrogens is 372 g/mol. The van der Waals surface area contributed by atoms with E-state index < -0.39 is 6.61 Å². The van der Waals surface area contributed by atoms with Gasteiger partial charge in [-0.15, -0.1) is 0 Å². The van der Waals surface area contributed by atoms with Gasteiger partial charge in [-0.25, -0.2) is 0 Å². The molecule has 0 unspecified atom stereocenters. The third kappa shape index (κ3) is 5.77. The predicted molar refractivity (Wildman–Crippen MR) is 109 cm³/mol. The standard InChI is InChI=1S/C24H29F2NO2/c25-24(26)29-23-5-3-4-19(14-23)16-28-17-20-12-22(13-20)21-8-6-18(7-9-21)15-27-10-1-2-11-27/h3-9,14,20,22,24H,1-2,10-13,15-17H2. The van der Waals surface area contributed by atoms with Crippen molar-refractivity contribution in [3.8, 4) is 5.75 Å². The molecule has 0 spiro atoms. The zero-order chi connectivity index (χ0) is 20.1. The van der Waals surface area contributed by atoms with E-state index in [-0.39, 0.29) is 5.75 Å². The second-order valence-corrected chi connectivity index (χ2v) is 8.30. The molecule has 1 heterocycles. The molecule has 3 nitrogen and oxygen atoms in total. The van der Waals surface area contributed by atoms with Crippen LogP contribution in [0, 0.1) is 5.92 Å². The van der Waals surface area contributed by atoms with Crippen molar-refractivity contribution in [2.75, 3.05) is 19.7 Å². The number of benzene rings is 2. The molecule has 1 saturated heterocycles. The number of alkyl halides is 2. The Kier molecular flexibility index (Phi) is 6.78. The molecule has 2 aromatic rings. The summed E-state index contributed by atoms with van der Waals surface area (Å²) < 4.78 is 34.8. The quantitative estimate of drug-likeness (QED) is 0.546. The van der Waals surface area contributed by atoms with E-state index in [1.807, 2.05) is 6.07 Å². The topological polar surface area (TPSA) is 21.7 Å². The van der Waals surface area contributed by atoms with Gasteiger partial charge in [-0.3, -0.25) is 4.90 Å². The van der Waals surface area contributed by atoms with Crippen LogP contribution in [0.25, 0.3) is 0 Å². The van der Waals surface area contributed by atoms with E-state index in [1.165, 1.54) is 43.1 Å². The first-order valence-electron chi connectivity index (χ1n) is 10.6. The number of likely N-dealkylation sites (tertiary alicyclic amines) is 1. The van der Waals surface area contributed by atoms with E-state index in [2.05, 4.69) is 33.9 Å². The first kappa shape index (κ1) is 20.3. The number of rotatable bonds is 9. The Labute approximate surface area is 171 Å². The van der Waals surface area contributed by atoms with E-state index in [0.717, 1.165) is 24.9 Å². The van der Waals surface area contributed by atoms with Crippen LogP contribution in [0.5, 0.6) is 5.75 Å². The lowest BCUT2D eigenvalue weighted by atomic mass is 9.72. The van der Waals surface area contributed by atoms with Crippen LogP contribution in [0.1, 0.15) is 48.3 Å². The minimum absolute atomic E-state index is 0.179. The van der Waals surface area contributed by atoms with Gasteiger partial charge in [0.05, 0.1) is 6.61 Å². The van der Waals surface area contributed by atoms with Crippen LogP contribution in [0.15, 0.2) is 48.5 Å². The van der Waals surface area contributed by atoms with E-state index in [4.69, 9.17) is 4.74 Å². The zero-order valence-electron chi connectivity index (χ0n) is 16.7. The lowest BCUT2D eigenvalue weighted by molar-refractivity contribution is -0.0499. The third-order valence-electron chi connectivity index (χ3n) is 6.04. The fourth-order valence-corrected chi connectivity index (χ4v) is 4.39. The molecule has 0 atom stereocenters. The number of halogens is 2. The van der Waals surface area contributed by atoms with Crippen molar-refractivity contribution < 1.29 is 18.3 Å². The lowest BCUT2D eigenvalue weighted by Crippen LogP contribution is -2.26. The molecule has 0 N–H and O–H groups in total. The smallest absolute Gasteiger partial charge is 0.387 e. The zero-order valence-corrected chi connectivity index (χ0v) is 16.7. The predicted octanol–water partition coefficient (Wildman–Crippen LogP) is 5.59. The summed E-state index contributed by atoms with van der Waals surface area (Å²) in [7, 11) is 0. The molecule has 156 valence electrons. The van der Waals surface area contributed by atoms with Crippen LogP contribution in [0.4, 0.5) is 8.78 Å². The normalized spacial score (nSPS) is 22.0. The first-order chi connectivity index (χ1) is 14.2. The van der Waals surface area contributed by atoms with Crippen molar-refractivity contribution in [1.82, 2.24) is 4.90 Å². The Balaban J connectivity index is 1.17. The number of nitrogens with zero attached hydrogens (tertiary/aromatic N) is 1. The molecule has 0 aromatic heterocycles. The largest absolute Gasteiger partial charge is 0.435 e. The second kappa shape index (κ2) is 9.68. The molecular formula is C24H29F2NO2. The van der Waals surface area contributed by atoms with Crippen LogP contribution in [0.2, 0.25) is 0 Å². The van der Waals surface area contributed by atoms with Gasteiger partial charge in [0, 0.05) is 13.2 Å². The van der Waals surface area contributed by atoms with Gasteiger partial charge < -0.3 is 9.47 Å². The Bertz CT molecular complexity index is 769. The fourth-order valence-electron chi connectivity index (χ4n) is 4.39. The van der Waals surface area contributed by atoms with Crippen molar-refractivity contribution in [2.24, 2.45) is 5.92 Å². The minimum Gasteiger partial charge on any atom is -0.435 e. The molecule has 2 fully saturated rings. The fraction of sp³-hybridized carbons (Fsp3) is 0.500. The van der Waals surface area contributed by atoms with Gasteiger partial charge >= 0.3 is 6.61 Å². The maximum absolute atomic E-state index is 12.3. The van der Waals surface area contributed by atoms with E-state index in [0.29, 0.717) is 25.0 Å². The Morgan fingerprint density at radius 3 is 2.45 bits per heavy atom. The highest BCUT2D eigenvalue weighted by Crippen LogP contribution is 2.41. The van der Waals surface area contributed by atoms with Gasteiger partial charge in [0.2, 0.25) is 0 Å². The number of hydrogen-bond donors (Lipinski definition) is 0. The molecule has 1 aliphatic heterocycles. The second-order valence-electron chi connectivity index (χ2n) is 8.30. The molecule has 0 amide bonds. The first-order valence-corrected chi connectivity index (χ1v) is 10.6. The summed E-state index contributed by atoms with van der Waals surface area (Å²) in [6.45, 7) is 1.87. The van der Waals surface area contributed by atoms with Crippen molar-refractivity contribution >= 4 is 0 Å². The van der Waals surface area contributed by atoms with Crippen molar-refractivity contribution in [2.45, 2.75) is 51.4 Å². The summed E-state index contributed by atoms with van der Waals surface area (Å²) in [5, 5.41) is 0. The summed E-state index contributed by atoms with van der Waals surface area (Å²) in [6.07, 6.45) is 4.97. The molecule has 1 saturated carbocycles. The van der Waals surface area contributed by atoms with Gasteiger partial charge in [0.15, 0.2) is 0 Å². The van der Waals surface area contributed by atoms with Crippen molar-refractivity contribution in [3.63, 3.8) is 0 Å². The van der Waals surface area contributed by atoms with E-state index in [1.54, 1.807) is 12.1 Å². The summed E-state index contributed by atoms with van der Waals surface area (Å²) in [6, 6.07) is 15.9. The highest BCUT2D eigenvalue weighted by molar-refractivity contribution is 5.28. The molecule has 4 rings (SSSR count). The van der Waals surface area contributed by atoms with Crippen LogP contribution < -0.4 is 4.74 Å². The van der Waals surface area contributed by atoms with Gasteiger partial charge in [-0.2, -0.15) is 8.78 Å². The van der Waals surface area contributed by atoms with Crippen LogP contribution >= 0.6 is 0 Å². The van der Waals surface area contributed by atoms with Crippen molar-refractivity contribution in [1.29, 1.82) is 0 Å². The molecule has 1 aliphatic carbocycles. The van der Waals surface area contributed by atoms with Crippen LogP contribution in [-0.2, 0) is 17.9 Å². The summed E-state index contributed by atoms with van der Waals surface area (Å²) in [5.41, 5.74) is 3.70. The molecule has 0 bridgehead atoms. The van der Waals surface area contributed by atoms with Gasteiger partial charge in [-0.05, 0) is 79.4 Å². The number of hydrogen-bond acceptors (Lipinski definition) is 3. The average molecular weight is 401 g/mol. The molecule has 0 radical (unpaired) electrons. The maximum Gasteiger partial charge on any atom is 0.387 e. The Morgan fingerprint density at radius 2 is 1.72 bits per heavy atom. The summed E-state index contributed by atoms with van der Waals surface area (Å²) in [5.74, 6) is 1.38. The summed E-state index contributed by atoms with van der Waals surface area (Å²) >= 11 is 0. The van der Waals surface area contributed by atoms with Crippen LogP contribution in [-0.4, -0.2) is 31.2 Å². The van der Waals surface area contributed by atoms with Gasteiger partial charge in [0.25, 0.3) is 0 Å². The van der Waals surface area contributed by atoms with Gasteiger partial charge in [-0.1, -0.05) is 36.4 Å². The highest BCUT2D eigenvalue weighted by atomic mass is 19.3. The molecule has 2 aromatic carbocycles. The maximum atomic E-state index is 12.3. The van der Waals surface area contributed by atoms with E-state index in [9.17, 15) is 8.78 Å². The minimum atomic E-state index is -2.80. The average Bonchev–Trinajstić information content (AvgIpc) is 3.17. The lowest BCUT2D eigenvalue weighted by Gasteiger charge is -2.35.